The SMILES string of the molecule is C[C@H](NCC(=O)Nc1ccccc1SCC#N)c1cccc2ccccc12. The van der Waals surface area contributed by atoms with Crippen LogP contribution in [-0.4, -0.2) is 18.2 Å². The number of hydrogen-bond acceptors (Lipinski definition) is 4. The first kappa shape index (κ1) is 19.0. The summed E-state index contributed by atoms with van der Waals surface area (Å²) in [5.74, 6) is 0.246. The zero-order valence-electron chi connectivity index (χ0n) is 15.1. The van der Waals surface area contributed by atoms with E-state index in [4.69, 9.17) is 5.26 Å². The molecule has 0 unspecified atom stereocenters. The number of para-hydroxylation sites is 1. The van der Waals surface area contributed by atoms with E-state index in [-0.39, 0.29) is 18.5 Å². The fourth-order valence-corrected chi connectivity index (χ4v) is 3.65. The lowest BCUT2D eigenvalue weighted by molar-refractivity contribution is -0.115. The minimum atomic E-state index is -0.105. The van der Waals surface area contributed by atoms with Crippen LogP contribution >= 0.6 is 11.8 Å². The number of thioether (sulfide) groups is 1. The van der Waals surface area contributed by atoms with Gasteiger partial charge in [-0.1, -0.05) is 54.6 Å². The molecule has 0 heterocycles. The average Bonchev–Trinajstić information content (AvgIpc) is 2.71. The number of carbonyl (C=O) groups is 1. The Balaban J connectivity index is 1.63. The highest BCUT2D eigenvalue weighted by atomic mass is 32.2. The second kappa shape index (κ2) is 9.22. The average molecular weight is 375 g/mol. The molecule has 0 bridgehead atoms. The molecule has 27 heavy (non-hydrogen) atoms. The van der Waals surface area contributed by atoms with Gasteiger partial charge < -0.3 is 10.6 Å². The summed E-state index contributed by atoms with van der Waals surface area (Å²) in [6.45, 7) is 2.27. The van der Waals surface area contributed by atoms with Gasteiger partial charge >= 0.3 is 0 Å². The third-order valence-electron chi connectivity index (χ3n) is 4.31. The van der Waals surface area contributed by atoms with E-state index >= 15 is 0 Å². The molecule has 5 heteroatoms. The van der Waals surface area contributed by atoms with Gasteiger partial charge in [0.15, 0.2) is 0 Å². The lowest BCUT2D eigenvalue weighted by Crippen LogP contribution is -2.30. The fourth-order valence-electron chi connectivity index (χ4n) is 2.98. The number of anilines is 1. The normalized spacial score (nSPS) is 11.7. The Morgan fingerprint density at radius 1 is 1.07 bits per heavy atom. The molecule has 3 rings (SSSR count). The molecule has 0 aliphatic heterocycles. The van der Waals surface area contributed by atoms with Crippen molar-refractivity contribution in [1.29, 1.82) is 5.26 Å². The van der Waals surface area contributed by atoms with Crippen LogP contribution in [0.2, 0.25) is 0 Å². The van der Waals surface area contributed by atoms with Crippen molar-refractivity contribution < 1.29 is 4.79 Å². The van der Waals surface area contributed by atoms with Gasteiger partial charge in [-0.2, -0.15) is 5.26 Å². The summed E-state index contributed by atoms with van der Waals surface area (Å²) < 4.78 is 0. The number of carbonyl (C=O) groups excluding carboxylic acids is 1. The molecule has 3 aromatic carbocycles. The van der Waals surface area contributed by atoms with Crippen LogP contribution in [0.5, 0.6) is 0 Å². The summed E-state index contributed by atoms with van der Waals surface area (Å²) >= 11 is 1.42. The smallest absolute Gasteiger partial charge is 0.238 e. The number of rotatable bonds is 7. The van der Waals surface area contributed by atoms with Gasteiger partial charge in [0.2, 0.25) is 5.91 Å². The van der Waals surface area contributed by atoms with E-state index in [9.17, 15) is 4.79 Å². The van der Waals surface area contributed by atoms with Crippen molar-refractivity contribution >= 4 is 34.1 Å². The van der Waals surface area contributed by atoms with E-state index < -0.39 is 0 Å². The Morgan fingerprint density at radius 3 is 2.67 bits per heavy atom. The molecule has 0 spiro atoms. The van der Waals surface area contributed by atoms with Crippen molar-refractivity contribution in [2.24, 2.45) is 0 Å². The van der Waals surface area contributed by atoms with Crippen molar-refractivity contribution in [3.63, 3.8) is 0 Å². The molecule has 0 saturated heterocycles. The quantitative estimate of drug-likeness (QED) is 0.585. The lowest BCUT2D eigenvalue weighted by Gasteiger charge is -2.17. The lowest BCUT2D eigenvalue weighted by atomic mass is 10.00. The second-order valence-corrected chi connectivity index (χ2v) is 7.18. The van der Waals surface area contributed by atoms with Gasteiger partial charge in [0.05, 0.1) is 24.1 Å². The number of nitrogens with zero attached hydrogens (tertiary/aromatic N) is 1. The minimum absolute atomic E-state index is 0.0463. The summed E-state index contributed by atoms with van der Waals surface area (Å²) in [6.07, 6.45) is 0. The van der Waals surface area contributed by atoms with Crippen molar-refractivity contribution in [1.82, 2.24) is 5.32 Å². The largest absolute Gasteiger partial charge is 0.324 e. The summed E-state index contributed by atoms with van der Waals surface area (Å²) in [6, 6.07) is 24.2. The van der Waals surface area contributed by atoms with Gasteiger partial charge in [0.25, 0.3) is 0 Å². The Bertz CT molecular complexity index is 975. The maximum absolute atomic E-state index is 12.4. The van der Waals surface area contributed by atoms with Crippen LogP contribution in [0, 0.1) is 11.3 Å². The molecule has 1 amide bonds. The predicted octanol–water partition coefficient (Wildman–Crippen LogP) is 4.74. The second-order valence-electron chi connectivity index (χ2n) is 6.16. The Hall–Kier alpha value is -2.81. The Kier molecular flexibility index (Phi) is 6.48. The predicted molar refractivity (Wildman–Crippen MR) is 112 cm³/mol. The van der Waals surface area contributed by atoms with Crippen molar-refractivity contribution in [3.05, 3.63) is 72.3 Å². The third-order valence-corrected chi connectivity index (χ3v) is 5.25. The van der Waals surface area contributed by atoms with E-state index in [0.717, 1.165) is 10.6 Å². The molecule has 0 aliphatic rings. The Labute approximate surface area is 163 Å². The third kappa shape index (κ3) is 4.88. The topological polar surface area (TPSA) is 64.9 Å². The van der Waals surface area contributed by atoms with E-state index in [1.165, 1.54) is 28.1 Å². The molecule has 136 valence electrons. The number of hydrogen-bond donors (Lipinski definition) is 2. The van der Waals surface area contributed by atoms with Gasteiger partial charge in [-0.25, -0.2) is 0 Å². The highest BCUT2D eigenvalue weighted by Gasteiger charge is 2.12. The number of benzene rings is 3. The van der Waals surface area contributed by atoms with E-state index in [1.807, 2.05) is 42.5 Å². The highest BCUT2D eigenvalue weighted by Crippen LogP contribution is 2.27. The van der Waals surface area contributed by atoms with Crippen molar-refractivity contribution in [2.75, 3.05) is 17.6 Å². The van der Waals surface area contributed by atoms with Crippen LogP contribution in [0.15, 0.2) is 71.6 Å². The molecule has 0 radical (unpaired) electrons. The van der Waals surface area contributed by atoms with Gasteiger partial charge in [0, 0.05) is 10.9 Å². The van der Waals surface area contributed by atoms with Crippen LogP contribution in [0.25, 0.3) is 10.8 Å². The summed E-state index contributed by atoms with van der Waals surface area (Å²) in [4.78, 5) is 13.3. The molecule has 0 aliphatic carbocycles. The maximum Gasteiger partial charge on any atom is 0.238 e. The summed E-state index contributed by atoms with van der Waals surface area (Å²) in [5, 5.41) is 17.4. The van der Waals surface area contributed by atoms with E-state index in [1.54, 1.807) is 0 Å². The van der Waals surface area contributed by atoms with Gasteiger partial charge in [-0.05, 0) is 35.4 Å². The molecule has 1 atom stereocenters. The highest BCUT2D eigenvalue weighted by molar-refractivity contribution is 7.99. The maximum atomic E-state index is 12.4. The molecular weight excluding hydrogens is 354 g/mol. The minimum Gasteiger partial charge on any atom is -0.324 e. The van der Waals surface area contributed by atoms with Crippen molar-refractivity contribution in [2.45, 2.75) is 17.9 Å². The molecule has 0 fully saturated rings. The van der Waals surface area contributed by atoms with Crippen LogP contribution in [-0.2, 0) is 4.79 Å². The zero-order valence-corrected chi connectivity index (χ0v) is 15.9. The van der Waals surface area contributed by atoms with Crippen LogP contribution in [0.1, 0.15) is 18.5 Å². The van der Waals surface area contributed by atoms with Crippen LogP contribution in [0.3, 0.4) is 0 Å². The standard InChI is InChI=1S/C22H21N3OS/c1-16(18-10-6-8-17-7-2-3-9-19(17)18)24-15-22(26)25-20-11-4-5-12-21(20)27-14-13-23/h2-12,16,24H,14-15H2,1H3,(H,25,26)/t16-/m0/s1. The fraction of sp³-hybridized carbons (Fsp3) is 0.182. The number of nitrogens with one attached hydrogen (secondary N) is 2. The van der Waals surface area contributed by atoms with Gasteiger partial charge in [0.1, 0.15) is 0 Å². The number of fused-ring (bicyclic) bond motifs is 1. The molecule has 0 saturated carbocycles. The molecule has 0 aromatic heterocycles. The van der Waals surface area contributed by atoms with E-state index in [2.05, 4.69) is 47.9 Å². The van der Waals surface area contributed by atoms with Crippen molar-refractivity contribution in [3.8, 4) is 6.07 Å². The van der Waals surface area contributed by atoms with E-state index in [0.29, 0.717) is 5.75 Å². The number of nitriles is 1. The first-order valence-corrected chi connectivity index (χ1v) is 9.77. The zero-order chi connectivity index (χ0) is 19.1. The molecule has 3 aromatic rings. The summed E-state index contributed by atoms with van der Waals surface area (Å²) in [7, 11) is 0. The van der Waals surface area contributed by atoms with Crippen LogP contribution in [0.4, 0.5) is 5.69 Å². The number of amides is 1. The first-order valence-electron chi connectivity index (χ1n) is 8.78. The molecular formula is C22H21N3OS. The van der Waals surface area contributed by atoms with Crippen LogP contribution < -0.4 is 10.6 Å². The van der Waals surface area contributed by atoms with Gasteiger partial charge in [-0.15, -0.1) is 11.8 Å². The summed E-state index contributed by atoms with van der Waals surface area (Å²) in [5.41, 5.74) is 1.91. The van der Waals surface area contributed by atoms with Gasteiger partial charge in [-0.3, -0.25) is 4.79 Å². The Morgan fingerprint density at radius 2 is 1.81 bits per heavy atom. The monoisotopic (exact) mass is 375 g/mol. The first-order chi connectivity index (χ1) is 13.2. The molecule has 2 N–H and O–H groups in total. The molecule has 4 nitrogen and oxygen atoms in total.